The van der Waals surface area contributed by atoms with E-state index in [1.807, 2.05) is 31.3 Å². The van der Waals surface area contributed by atoms with Gasteiger partial charge < -0.3 is 4.57 Å². The van der Waals surface area contributed by atoms with E-state index in [0.717, 1.165) is 21.5 Å². The number of para-hydroxylation sites is 1. The van der Waals surface area contributed by atoms with Gasteiger partial charge in [-0.2, -0.15) is 0 Å². The van der Waals surface area contributed by atoms with Crippen LogP contribution in [0.5, 0.6) is 0 Å². The highest BCUT2D eigenvalue weighted by Crippen LogP contribution is 2.19. The second kappa shape index (κ2) is 4.28. The molecule has 97 valence electrons. The molecule has 20 heavy (non-hydrogen) atoms. The summed E-state index contributed by atoms with van der Waals surface area (Å²) >= 11 is 1.67. The maximum absolute atomic E-state index is 4.68. The van der Waals surface area contributed by atoms with Gasteiger partial charge in [-0.15, -0.1) is 5.10 Å². The molecule has 6 heteroatoms. The summed E-state index contributed by atoms with van der Waals surface area (Å²) in [5.74, 6) is 0. The van der Waals surface area contributed by atoms with Crippen LogP contribution in [0.1, 0.15) is 0 Å². The van der Waals surface area contributed by atoms with E-state index in [1.54, 1.807) is 11.3 Å². The first kappa shape index (κ1) is 11.4. The maximum atomic E-state index is 4.68. The Kier molecular flexibility index (Phi) is 2.43. The molecule has 0 saturated heterocycles. The third-order valence-electron chi connectivity index (χ3n) is 3.16. The van der Waals surface area contributed by atoms with Crippen LogP contribution < -0.4 is 4.80 Å². The molecule has 4 rings (SSSR count). The van der Waals surface area contributed by atoms with E-state index in [2.05, 4.69) is 43.2 Å². The molecule has 0 aliphatic carbocycles. The molecule has 0 saturated carbocycles. The zero-order valence-electron chi connectivity index (χ0n) is 10.7. The van der Waals surface area contributed by atoms with Crippen LogP contribution in [0.2, 0.25) is 0 Å². The zero-order chi connectivity index (χ0) is 13.5. The summed E-state index contributed by atoms with van der Waals surface area (Å²) in [5.41, 5.74) is 3.59. The summed E-state index contributed by atoms with van der Waals surface area (Å²) < 4.78 is 3.32. The predicted octanol–water partition coefficient (Wildman–Crippen LogP) is 2.54. The van der Waals surface area contributed by atoms with Crippen LogP contribution in [0.4, 0.5) is 5.69 Å². The van der Waals surface area contributed by atoms with Crippen LogP contribution in [0.15, 0.2) is 41.4 Å². The van der Waals surface area contributed by atoms with Gasteiger partial charge in [0.2, 0.25) is 0 Å². The van der Waals surface area contributed by atoms with Gasteiger partial charge in [-0.1, -0.05) is 28.7 Å². The van der Waals surface area contributed by atoms with E-state index >= 15 is 0 Å². The Morgan fingerprint density at radius 1 is 1.35 bits per heavy atom. The first-order valence-electron chi connectivity index (χ1n) is 6.13. The van der Waals surface area contributed by atoms with Crippen molar-refractivity contribution in [3.05, 3.63) is 47.3 Å². The minimum absolute atomic E-state index is 0.727. The molecule has 1 N–H and O–H groups in total. The third kappa shape index (κ3) is 1.73. The standard InChI is InChI=1S/C14H10N5S/c1-19-12-4-2-3-5-13(12)20-14(19)15-9-6-7-10-11(8-9)17-18-16-10/h2-6,8H,1H3,(H,16,17,18)/b15-14-. The summed E-state index contributed by atoms with van der Waals surface area (Å²) in [7, 11) is 2.03. The highest BCUT2D eigenvalue weighted by Gasteiger charge is 2.03. The molecule has 4 aromatic rings. The van der Waals surface area contributed by atoms with Crippen LogP contribution >= 0.6 is 11.3 Å². The number of H-pyrrole nitrogens is 1. The Morgan fingerprint density at radius 2 is 2.25 bits per heavy atom. The van der Waals surface area contributed by atoms with Gasteiger partial charge in [-0.05, 0) is 24.3 Å². The van der Waals surface area contributed by atoms with Crippen LogP contribution in [0.25, 0.3) is 21.3 Å². The Bertz CT molecular complexity index is 976. The van der Waals surface area contributed by atoms with Gasteiger partial charge in [0.15, 0.2) is 4.80 Å². The molecule has 2 aromatic carbocycles. The van der Waals surface area contributed by atoms with E-state index < -0.39 is 0 Å². The third-order valence-corrected chi connectivity index (χ3v) is 4.28. The van der Waals surface area contributed by atoms with E-state index in [0.29, 0.717) is 0 Å². The number of aromatic amines is 1. The molecule has 0 unspecified atom stereocenters. The average Bonchev–Trinajstić information content (AvgIpc) is 3.05. The highest BCUT2D eigenvalue weighted by atomic mass is 32.1. The van der Waals surface area contributed by atoms with Crippen molar-refractivity contribution in [3.63, 3.8) is 0 Å². The fraction of sp³-hybridized carbons (Fsp3) is 0.0714. The van der Waals surface area contributed by atoms with Crippen LogP contribution in [-0.2, 0) is 7.05 Å². The summed E-state index contributed by atoms with van der Waals surface area (Å²) in [6.07, 6.45) is 0. The van der Waals surface area contributed by atoms with Gasteiger partial charge in [0.25, 0.3) is 0 Å². The van der Waals surface area contributed by atoms with Crippen molar-refractivity contribution in [2.24, 2.45) is 12.0 Å². The molecule has 2 aromatic heterocycles. The van der Waals surface area contributed by atoms with Crippen LogP contribution in [0.3, 0.4) is 0 Å². The lowest BCUT2D eigenvalue weighted by molar-refractivity contribution is 0.912. The molecule has 0 bridgehead atoms. The summed E-state index contributed by atoms with van der Waals surface area (Å²) in [6.45, 7) is 0. The monoisotopic (exact) mass is 280 g/mol. The fourth-order valence-electron chi connectivity index (χ4n) is 2.14. The lowest BCUT2D eigenvalue weighted by Crippen LogP contribution is -2.08. The van der Waals surface area contributed by atoms with Crippen LogP contribution in [0, 0.1) is 6.07 Å². The molecule has 0 aliphatic heterocycles. The molecule has 0 fully saturated rings. The van der Waals surface area contributed by atoms with Crippen molar-refractivity contribution < 1.29 is 0 Å². The first-order chi connectivity index (χ1) is 9.81. The number of hydrogen-bond acceptors (Lipinski definition) is 4. The smallest absolute Gasteiger partial charge is 0.190 e. The Balaban J connectivity index is 1.94. The van der Waals surface area contributed by atoms with E-state index in [9.17, 15) is 0 Å². The van der Waals surface area contributed by atoms with Gasteiger partial charge in [-0.25, -0.2) is 4.99 Å². The van der Waals surface area contributed by atoms with Crippen molar-refractivity contribution in [2.45, 2.75) is 0 Å². The summed E-state index contributed by atoms with van der Waals surface area (Å²) in [5, 5.41) is 10.5. The minimum Gasteiger partial charge on any atom is -0.320 e. The van der Waals surface area contributed by atoms with Crippen molar-refractivity contribution >= 4 is 38.3 Å². The molecule has 1 radical (unpaired) electrons. The number of thiazole rings is 1. The molecular weight excluding hydrogens is 270 g/mol. The molecular formula is C14H10N5S. The van der Waals surface area contributed by atoms with Gasteiger partial charge in [-0.3, -0.25) is 5.10 Å². The number of rotatable bonds is 1. The number of hydrogen-bond donors (Lipinski definition) is 1. The lowest BCUT2D eigenvalue weighted by atomic mass is 10.3. The second-order valence-electron chi connectivity index (χ2n) is 4.46. The number of nitrogens with one attached hydrogen (secondary N) is 1. The van der Waals surface area contributed by atoms with Crippen molar-refractivity contribution in [1.82, 2.24) is 20.0 Å². The average molecular weight is 280 g/mol. The quantitative estimate of drug-likeness (QED) is 0.582. The second-order valence-corrected chi connectivity index (χ2v) is 5.46. The van der Waals surface area contributed by atoms with Gasteiger partial charge in [0.1, 0.15) is 5.52 Å². The molecule has 5 nitrogen and oxygen atoms in total. The first-order valence-corrected chi connectivity index (χ1v) is 6.95. The Labute approximate surface area is 118 Å². The number of benzene rings is 2. The topological polar surface area (TPSA) is 58.9 Å². The van der Waals surface area contributed by atoms with Crippen molar-refractivity contribution in [3.8, 4) is 0 Å². The van der Waals surface area contributed by atoms with Gasteiger partial charge >= 0.3 is 0 Å². The molecule has 0 atom stereocenters. The zero-order valence-corrected chi connectivity index (χ0v) is 11.5. The normalized spacial score (nSPS) is 12.6. The van der Waals surface area contributed by atoms with Gasteiger partial charge in [0.05, 0.1) is 21.4 Å². The van der Waals surface area contributed by atoms with E-state index in [-0.39, 0.29) is 0 Å². The molecule has 2 heterocycles. The maximum Gasteiger partial charge on any atom is 0.190 e. The number of aryl methyl sites for hydroxylation is 1. The van der Waals surface area contributed by atoms with Gasteiger partial charge in [0, 0.05) is 13.1 Å². The predicted molar refractivity (Wildman–Crippen MR) is 78.7 cm³/mol. The van der Waals surface area contributed by atoms with Crippen LogP contribution in [-0.4, -0.2) is 20.0 Å². The van der Waals surface area contributed by atoms with Crippen molar-refractivity contribution in [2.75, 3.05) is 0 Å². The molecule has 0 aliphatic rings. The fourth-order valence-corrected chi connectivity index (χ4v) is 3.18. The van der Waals surface area contributed by atoms with E-state index in [1.165, 1.54) is 10.2 Å². The number of fused-ring (bicyclic) bond motifs is 2. The number of nitrogens with zero attached hydrogens (tertiary/aromatic N) is 4. The number of aromatic nitrogens is 4. The lowest BCUT2D eigenvalue weighted by Gasteiger charge is -1.95. The highest BCUT2D eigenvalue weighted by molar-refractivity contribution is 7.16. The summed E-state index contributed by atoms with van der Waals surface area (Å²) in [4.78, 5) is 5.63. The largest absolute Gasteiger partial charge is 0.320 e. The summed E-state index contributed by atoms with van der Waals surface area (Å²) in [6, 6.07) is 15.1. The molecule has 0 spiro atoms. The molecule has 0 amide bonds. The van der Waals surface area contributed by atoms with E-state index in [4.69, 9.17) is 0 Å². The van der Waals surface area contributed by atoms with Crippen molar-refractivity contribution in [1.29, 1.82) is 0 Å². The Hall–Kier alpha value is -2.47. The SMILES string of the molecule is Cn1/c(=N/c2c[c]c3nn[nH]c3c2)sc2ccccc21. The Morgan fingerprint density at radius 3 is 3.15 bits per heavy atom. The minimum atomic E-state index is 0.727.